The van der Waals surface area contributed by atoms with Crippen molar-refractivity contribution in [3.05, 3.63) is 34.8 Å². The van der Waals surface area contributed by atoms with Gasteiger partial charge in [0.1, 0.15) is 18.0 Å². The highest BCUT2D eigenvalue weighted by molar-refractivity contribution is 7.07. The van der Waals surface area contributed by atoms with E-state index in [1.54, 1.807) is 17.7 Å². The molecule has 5 heteroatoms. The van der Waals surface area contributed by atoms with Crippen molar-refractivity contribution in [3.63, 3.8) is 0 Å². The fourth-order valence-corrected chi connectivity index (χ4v) is 2.30. The lowest BCUT2D eigenvalue weighted by molar-refractivity contribution is 0.891. The molecule has 0 aliphatic heterocycles. The third-order valence-corrected chi connectivity index (χ3v) is 3.33. The fraction of sp³-hybridized carbons (Fsp3) is 0.385. The predicted molar refractivity (Wildman–Crippen MR) is 77.2 cm³/mol. The molecular formula is C13H18N4S. The molecule has 2 aromatic rings. The summed E-state index contributed by atoms with van der Waals surface area (Å²) in [6, 6.07) is 4.13. The summed E-state index contributed by atoms with van der Waals surface area (Å²) in [7, 11) is 2.05. The molecular weight excluding hydrogens is 244 g/mol. The summed E-state index contributed by atoms with van der Waals surface area (Å²) in [5, 5.41) is 7.53. The van der Waals surface area contributed by atoms with Gasteiger partial charge in [0.05, 0.1) is 0 Å². The van der Waals surface area contributed by atoms with Gasteiger partial charge in [-0.15, -0.1) is 0 Å². The minimum Gasteiger partial charge on any atom is -0.370 e. The molecule has 0 saturated heterocycles. The molecule has 96 valence electrons. The minimum absolute atomic E-state index is 0.869. The maximum absolute atomic E-state index is 4.31. The Morgan fingerprint density at radius 1 is 1.39 bits per heavy atom. The molecule has 2 rings (SSSR count). The molecule has 0 amide bonds. The summed E-state index contributed by atoms with van der Waals surface area (Å²) in [5.41, 5.74) is 1.31. The molecule has 18 heavy (non-hydrogen) atoms. The molecule has 0 radical (unpaired) electrons. The summed E-state index contributed by atoms with van der Waals surface area (Å²) in [6.45, 7) is 3.94. The van der Waals surface area contributed by atoms with Crippen molar-refractivity contribution in [2.75, 3.05) is 23.8 Å². The number of hydrogen-bond donors (Lipinski definition) is 1. The van der Waals surface area contributed by atoms with E-state index in [4.69, 9.17) is 0 Å². The Hall–Kier alpha value is -1.62. The highest BCUT2D eigenvalue weighted by atomic mass is 32.1. The van der Waals surface area contributed by atoms with Crippen LogP contribution >= 0.6 is 11.3 Å². The van der Waals surface area contributed by atoms with Crippen molar-refractivity contribution in [2.24, 2.45) is 0 Å². The van der Waals surface area contributed by atoms with Crippen molar-refractivity contribution in [1.29, 1.82) is 0 Å². The summed E-state index contributed by atoms with van der Waals surface area (Å²) < 4.78 is 0. The van der Waals surface area contributed by atoms with E-state index >= 15 is 0 Å². The molecule has 0 bridgehead atoms. The van der Waals surface area contributed by atoms with Gasteiger partial charge in [-0.25, -0.2) is 9.97 Å². The zero-order valence-corrected chi connectivity index (χ0v) is 11.6. The number of anilines is 2. The van der Waals surface area contributed by atoms with Crippen molar-refractivity contribution in [3.8, 4) is 0 Å². The monoisotopic (exact) mass is 262 g/mol. The second kappa shape index (κ2) is 6.35. The van der Waals surface area contributed by atoms with Crippen LogP contribution in [0.15, 0.2) is 29.2 Å². The van der Waals surface area contributed by atoms with Crippen LogP contribution < -0.4 is 10.2 Å². The smallest absolute Gasteiger partial charge is 0.134 e. The molecule has 0 spiro atoms. The van der Waals surface area contributed by atoms with Crippen LogP contribution in [0.2, 0.25) is 0 Å². The molecule has 0 unspecified atom stereocenters. The molecule has 0 aliphatic carbocycles. The summed E-state index contributed by atoms with van der Waals surface area (Å²) in [4.78, 5) is 10.6. The highest BCUT2D eigenvalue weighted by Crippen LogP contribution is 2.16. The lowest BCUT2D eigenvalue weighted by Crippen LogP contribution is -2.17. The van der Waals surface area contributed by atoms with Crippen molar-refractivity contribution >= 4 is 23.0 Å². The number of aromatic nitrogens is 2. The standard InChI is InChI=1S/C13H18N4S/c1-3-5-14-12-7-13(16-10-15-12)17(2)8-11-4-6-18-9-11/h4,6-7,9-10H,3,5,8H2,1-2H3,(H,14,15,16). The number of hydrogen-bond acceptors (Lipinski definition) is 5. The van der Waals surface area contributed by atoms with Crippen LogP contribution in [0.3, 0.4) is 0 Å². The van der Waals surface area contributed by atoms with Gasteiger partial charge >= 0.3 is 0 Å². The van der Waals surface area contributed by atoms with Gasteiger partial charge in [-0.2, -0.15) is 11.3 Å². The maximum atomic E-state index is 4.31. The normalized spacial score (nSPS) is 10.3. The first-order chi connectivity index (χ1) is 8.79. The summed E-state index contributed by atoms with van der Waals surface area (Å²) in [6.07, 6.45) is 2.70. The first-order valence-electron chi connectivity index (χ1n) is 6.07. The van der Waals surface area contributed by atoms with E-state index in [-0.39, 0.29) is 0 Å². The van der Waals surface area contributed by atoms with Gasteiger partial charge in [0.15, 0.2) is 0 Å². The topological polar surface area (TPSA) is 41.0 Å². The molecule has 2 aromatic heterocycles. The van der Waals surface area contributed by atoms with Crippen molar-refractivity contribution < 1.29 is 0 Å². The quantitative estimate of drug-likeness (QED) is 0.869. The molecule has 0 aromatic carbocycles. The SMILES string of the molecule is CCCNc1cc(N(C)Cc2ccsc2)ncn1. The number of nitrogens with zero attached hydrogens (tertiary/aromatic N) is 3. The molecule has 0 fully saturated rings. The second-order valence-electron chi connectivity index (χ2n) is 4.18. The van der Waals surface area contributed by atoms with E-state index in [2.05, 4.69) is 43.9 Å². The average Bonchev–Trinajstić information content (AvgIpc) is 2.89. The van der Waals surface area contributed by atoms with E-state index in [0.29, 0.717) is 0 Å². The Bertz CT molecular complexity index is 470. The van der Waals surface area contributed by atoms with E-state index in [9.17, 15) is 0 Å². The lowest BCUT2D eigenvalue weighted by atomic mass is 10.3. The minimum atomic E-state index is 0.869. The molecule has 4 nitrogen and oxygen atoms in total. The predicted octanol–water partition coefficient (Wildman–Crippen LogP) is 3.00. The molecule has 0 saturated carbocycles. The molecule has 1 N–H and O–H groups in total. The highest BCUT2D eigenvalue weighted by Gasteiger charge is 2.05. The Labute approximate surface area is 112 Å². The van der Waals surface area contributed by atoms with Crippen LogP contribution in [0.1, 0.15) is 18.9 Å². The Morgan fingerprint density at radius 2 is 2.28 bits per heavy atom. The van der Waals surface area contributed by atoms with Crippen molar-refractivity contribution in [2.45, 2.75) is 19.9 Å². The van der Waals surface area contributed by atoms with Crippen LogP contribution in [0.4, 0.5) is 11.6 Å². The average molecular weight is 262 g/mol. The van der Waals surface area contributed by atoms with Gasteiger partial charge in [-0.1, -0.05) is 6.92 Å². The third-order valence-electron chi connectivity index (χ3n) is 2.60. The lowest BCUT2D eigenvalue weighted by Gasteiger charge is -2.17. The van der Waals surface area contributed by atoms with Crippen LogP contribution in [0.25, 0.3) is 0 Å². The van der Waals surface area contributed by atoms with Gasteiger partial charge in [0.2, 0.25) is 0 Å². The van der Waals surface area contributed by atoms with Gasteiger partial charge in [-0.05, 0) is 28.8 Å². The van der Waals surface area contributed by atoms with Gasteiger partial charge in [0.25, 0.3) is 0 Å². The zero-order valence-electron chi connectivity index (χ0n) is 10.8. The summed E-state index contributed by atoms with van der Waals surface area (Å²) >= 11 is 1.72. The Morgan fingerprint density at radius 3 is 3.00 bits per heavy atom. The Balaban J connectivity index is 2.03. The van der Waals surface area contributed by atoms with Crippen molar-refractivity contribution in [1.82, 2.24) is 9.97 Å². The Kier molecular flexibility index (Phi) is 4.52. The van der Waals surface area contributed by atoms with Crippen LogP contribution in [-0.4, -0.2) is 23.6 Å². The maximum Gasteiger partial charge on any atom is 0.134 e. The van der Waals surface area contributed by atoms with Crippen LogP contribution in [-0.2, 0) is 6.54 Å². The van der Waals surface area contributed by atoms with Gasteiger partial charge in [0, 0.05) is 26.2 Å². The van der Waals surface area contributed by atoms with E-state index in [0.717, 1.165) is 31.1 Å². The van der Waals surface area contributed by atoms with Gasteiger partial charge in [-0.3, -0.25) is 0 Å². The number of thiophene rings is 1. The van der Waals surface area contributed by atoms with E-state index in [1.165, 1.54) is 5.56 Å². The van der Waals surface area contributed by atoms with E-state index < -0.39 is 0 Å². The summed E-state index contributed by atoms with van der Waals surface area (Å²) in [5.74, 6) is 1.83. The van der Waals surface area contributed by atoms with E-state index in [1.807, 2.05) is 13.1 Å². The fourth-order valence-electron chi connectivity index (χ4n) is 1.64. The first-order valence-corrected chi connectivity index (χ1v) is 7.02. The van der Waals surface area contributed by atoms with Gasteiger partial charge < -0.3 is 10.2 Å². The van der Waals surface area contributed by atoms with Crippen LogP contribution in [0.5, 0.6) is 0 Å². The second-order valence-corrected chi connectivity index (χ2v) is 4.96. The molecule has 2 heterocycles. The third kappa shape index (κ3) is 3.43. The number of nitrogens with one attached hydrogen (secondary N) is 1. The zero-order chi connectivity index (χ0) is 12.8. The van der Waals surface area contributed by atoms with Crippen LogP contribution in [0, 0.1) is 0 Å². The first kappa shape index (κ1) is 12.8. The largest absolute Gasteiger partial charge is 0.370 e. The number of rotatable bonds is 6. The molecule has 0 atom stereocenters. The molecule has 0 aliphatic rings.